The Kier molecular flexibility index (Phi) is 4.67. The molecule has 0 heterocycles. The van der Waals surface area contributed by atoms with Crippen LogP contribution in [-0.2, 0) is 4.79 Å². The average molecular weight is 359 g/mol. The average Bonchev–Trinajstić information content (AvgIpc) is 2.57. The van der Waals surface area contributed by atoms with E-state index in [4.69, 9.17) is 17.0 Å². The number of nitrogens with one attached hydrogen (secondary N) is 2. The highest BCUT2D eigenvalue weighted by Gasteiger charge is 2.48. The van der Waals surface area contributed by atoms with Crippen molar-refractivity contribution in [2.75, 3.05) is 6.61 Å². The van der Waals surface area contributed by atoms with Gasteiger partial charge >= 0.3 is 0 Å². The predicted molar refractivity (Wildman–Crippen MR) is 101 cm³/mol. The van der Waals surface area contributed by atoms with Crippen LogP contribution in [0.25, 0.3) is 0 Å². The summed E-state index contributed by atoms with van der Waals surface area (Å²) in [5.41, 5.74) is 1.02. The van der Waals surface area contributed by atoms with E-state index in [0.29, 0.717) is 11.2 Å². The van der Waals surface area contributed by atoms with Crippen LogP contribution in [0, 0.1) is 30.6 Å². The molecule has 4 nitrogen and oxygen atoms in total. The van der Waals surface area contributed by atoms with Gasteiger partial charge in [0, 0.05) is 6.04 Å². The smallest absolute Gasteiger partial charge is 0.264 e. The number of carbonyl (C=O) groups is 1. The Bertz CT molecular complexity index is 647. The van der Waals surface area contributed by atoms with E-state index in [9.17, 15) is 4.79 Å². The van der Waals surface area contributed by atoms with E-state index in [-0.39, 0.29) is 12.5 Å². The number of aryl methyl sites for hydroxylation is 1. The molecular formula is C20H26N2O2S. The molecule has 0 aliphatic heterocycles. The van der Waals surface area contributed by atoms with Crippen LogP contribution < -0.4 is 15.4 Å². The highest BCUT2D eigenvalue weighted by Crippen LogP contribution is 2.53. The number of ether oxygens (including phenoxy) is 1. The third-order valence-electron chi connectivity index (χ3n) is 6.23. The summed E-state index contributed by atoms with van der Waals surface area (Å²) in [6.07, 6.45) is 6.77. The van der Waals surface area contributed by atoms with Gasteiger partial charge in [-0.15, -0.1) is 0 Å². The first-order valence-electron chi connectivity index (χ1n) is 9.37. The molecule has 1 aromatic carbocycles. The quantitative estimate of drug-likeness (QED) is 0.812. The standard InChI is InChI=1S/C20H26N2O2S/c1-12-4-2-3-5-17(12)24-11-18(23)21-20(25)22-19-15-7-13-6-14(9-15)10-16(19)8-13/h2-5,13-16,19H,6-11H2,1H3,(H2,21,22,23,25). The van der Waals surface area contributed by atoms with Crippen LogP contribution in [-0.4, -0.2) is 23.7 Å². The molecule has 1 amide bonds. The highest BCUT2D eigenvalue weighted by molar-refractivity contribution is 7.80. The molecule has 0 unspecified atom stereocenters. The number of hydrogen-bond donors (Lipinski definition) is 2. The Morgan fingerprint density at radius 3 is 2.40 bits per heavy atom. The van der Waals surface area contributed by atoms with Gasteiger partial charge in [-0.1, -0.05) is 18.2 Å². The molecule has 0 saturated heterocycles. The summed E-state index contributed by atoms with van der Waals surface area (Å²) in [6.45, 7) is 1.94. The van der Waals surface area contributed by atoms with Gasteiger partial charge in [0.25, 0.3) is 5.91 Å². The van der Waals surface area contributed by atoms with E-state index in [0.717, 1.165) is 35.0 Å². The first-order valence-corrected chi connectivity index (χ1v) is 9.78. The zero-order chi connectivity index (χ0) is 17.4. The van der Waals surface area contributed by atoms with Gasteiger partial charge in [-0.25, -0.2) is 0 Å². The number of para-hydroxylation sites is 1. The normalized spacial score (nSPS) is 32.3. The molecule has 134 valence electrons. The maximum absolute atomic E-state index is 12.1. The molecule has 4 saturated carbocycles. The van der Waals surface area contributed by atoms with E-state index in [1.165, 1.54) is 32.1 Å². The van der Waals surface area contributed by atoms with Crippen molar-refractivity contribution in [3.63, 3.8) is 0 Å². The van der Waals surface area contributed by atoms with Crippen LogP contribution in [0.4, 0.5) is 0 Å². The van der Waals surface area contributed by atoms with Gasteiger partial charge < -0.3 is 15.4 Å². The summed E-state index contributed by atoms with van der Waals surface area (Å²) >= 11 is 5.39. The Balaban J connectivity index is 1.26. The Labute approximate surface area is 154 Å². The van der Waals surface area contributed by atoms with Gasteiger partial charge in [-0.05, 0) is 86.5 Å². The molecule has 4 aliphatic carbocycles. The number of benzene rings is 1. The monoisotopic (exact) mass is 358 g/mol. The van der Waals surface area contributed by atoms with Crippen LogP contribution in [0.3, 0.4) is 0 Å². The highest BCUT2D eigenvalue weighted by atomic mass is 32.1. The molecule has 25 heavy (non-hydrogen) atoms. The minimum atomic E-state index is -0.204. The van der Waals surface area contributed by atoms with Gasteiger partial charge in [0.2, 0.25) is 0 Å². The van der Waals surface area contributed by atoms with Crippen molar-refractivity contribution >= 4 is 23.2 Å². The van der Waals surface area contributed by atoms with Crippen molar-refractivity contribution < 1.29 is 9.53 Å². The molecule has 0 atom stereocenters. The van der Waals surface area contributed by atoms with Crippen molar-refractivity contribution in [1.82, 2.24) is 10.6 Å². The van der Waals surface area contributed by atoms with E-state index < -0.39 is 0 Å². The van der Waals surface area contributed by atoms with Gasteiger partial charge in [0.15, 0.2) is 11.7 Å². The van der Waals surface area contributed by atoms with Gasteiger partial charge in [-0.2, -0.15) is 0 Å². The fourth-order valence-corrected chi connectivity index (χ4v) is 5.62. The lowest BCUT2D eigenvalue weighted by molar-refractivity contribution is -0.121. The molecule has 0 radical (unpaired) electrons. The van der Waals surface area contributed by atoms with Gasteiger partial charge in [-0.3, -0.25) is 4.79 Å². The van der Waals surface area contributed by atoms with Crippen LogP contribution in [0.2, 0.25) is 0 Å². The van der Waals surface area contributed by atoms with E-state index in [1.807, 2.05) is 31.2 Å². The molecule has 5 rings (SSSR count). The second-order valence-electron chi connectivity index (χ2n) is 8.03. The van der Waals surface area contributed by atoms with Crippen LogP contribution in [0.1, 0.15) is 37.7 Å². The lowest BCUT2D eigenvalue weighted by Gasteiger charge is -2.54. The number of amides is 1. The van der Waals surface area contributed by atoms with Crippen LogP contribution >= 0.6 is 12.2 Å². The van der Waals surface area contributed by atoms with E-state index >= 15 is 0 Å². The SMILES string of the molecule is Cc1ccccc1OCC(=O)NC(=S)NC1C2CC3CC(C2)CC1C3. The fraction of sp³-hybridized carbons (Fsp3) is 0.600. The van der Waals surface area contributed by atoms with Crippen molar-refractivity contribution in [1.29, 1.82) is 0 Å². The molecule has 5 heteroatoms. The molecule has 4 fully saturated rings. The first-order chi connectivity index (χ1) is 12.1. The Morgan fingerprint density at radius 2 is 1.76 bits per heavy atom. The van der Waals surface area contributed by atoms with Crippen molar-refractivity contribution in [2.24, 2.45) is 23.7 Å². The minimum Gasteiger partial charge on any atom is -0.483 e. The van der Waals surface area contributed by atoms with Crippen LogP contribution in [0.15, 0.2) is 24.3 Å². The van der Waals surface area contributed by atoms with Crippen molar-refractivity contribution in [3.05, 3.63) is 29.8 Å². The Morgan fingerprint density at radius 1 is 1.12 bits per heavy atom. The van der Waals surface area contributed by atoms with Gasteiger partial charge in [0.05, 0.1) is 0 Å². The van der Waals surface area contributed by atoms with Gasteiger partial charge in [0.1, 0.15) is 5.75 Å². The molecule has 4 aliphatic rings. The summed E-state index contributed by atoms with van der Waals surface area (Å²) in [5, 5.41) is 6.69. The maximum Gasteiger partial charge on any atom is 0.264 e. The maximum atomic E-state index is 12.1. The molecule has 0 spiro atoms. The number of hydrogen-bond acceptors (Lipinski definition) is 3. The third kappa shape index (κ3) is 3.66. The molecule has 1 aromatic rings. The summed E-state index contributed by atoms with van der Waals surface area (Å²) in [5.74, 6) is 3.86. The largest absolute Gasteiger partial charge is 0.483 e. The molecular weight excluding hydrogens is 332 g/mol. The summed E-state index contributed by atoms with van der Waals surface area (Å²) in [7, 11) is 0. The number of carbonyl (C=O) groups excluding carboxylic acids is 1. The summed E-state index contributed by atoms with van der Waals surface area (Å²) < 4.78 is 5.58. The molecule has 2 N–H and O–H groups in total. The van der Waals surface area contributed by atoms with Crippen molar-refractivity contribution in [2.45, 2.75) is 45.1 Å². The predicted octanol–water partition coefficient (Wildman–Crippen LogP) is 3.19. The third-order valence-corrected chi connectivity index (χ3v) is 6.45. The first kappa shape index (κ1) is 16.8. The van der Waals surface area contributed by atoms with E-state index in [2.05, 4.69) is 10.6 Å². The van der Waals surface area contributed by atoms with E-state index in [1.54, 1.807) is 0 Å². The number of rotatable bonds is 4. The second kappa shape index (κ2) is 6.94. The Hall–Kier alpha value is -1.62. The number of thiocarbonyl (C=S) groups is 1. The zero-order valence-corrected chi connectivity index (χ0v) is 15.5. The fourth-order valence-electron chi connectivity index (χ4n) is 5.37. The minimum absolute atomic E-state index is 0.0195. The lowest BCUT2D eigenvalue weighted by Crippen LogP contribution is -2.58. The lowest BCUT2D eigenvalue weighted by atomic mass is 9.54. The molecule has 0 aromatic heterocycles. The van der Waals surface area contributed by atoms with Crippen LogP contribution in [0.5, 0.6) is 5.75 Å². The second-order valence-corrected chi connectivity index (χ2v) is 8.44. The summed E-state index contributed by atoms with van der Waals surface area (Å²) in [4.78, 5) is 12.1. The molecule has 4 bridgehead atoms. The summed E-state index contributed by atoms with van der Waals surface area (Å²) in [6, 6.07) is 8.13. The topological polar surface area (TPSA) is 50.4 Å². The van der Waals surface area contributed by atoms with Crippen molar-refractivity contribution in [3.8, 4) is 5.75 Å². The zero-order valence-electron chi connectivity index (χ0n) is 14.7.